The lowest BCUT2D eigenvalue weighted by Crippen LogP contribution is -2.20. The molecule has 0 saturated carbocycles. The molecule has 0 aliphatic rings. The monoisotopic (exact) mass is 429 g/mol. The largest absolute Gasteiger partial charge is 0.493 e. The Kier molecular flexibility index (Phi) is 5.59. The molecule has 0 spiro atoms. The second-order valence-corrected chi connectivity index (χ2v) is 6.76. The summed E-state index contributed by atoms with van der Waals surface area (Å²) in [7, 11) is 3.15. The zero-order valence-electron chi connectivity index (χ0n) is 17.3. The molecule has 0 radical (unpaired) electrons. The molecule has 1 aromatic carbocycles. The van der Waals surface area contributed by atoms with Gasteiger partial charge in [-0.05, 0) is 23.6 Å². The summed E-state index contributed by atoms with van der Waals surface area (Å²) in [5.41, 5.74) is 8.96. The van der Waals surface area contributed by atoms with Crippen LogP contribution in [0.2, 0.25) is 0 Å². The van der Waals surface area contributed by atoms with Crippen molar-refractivity contribution in [3.8, 4) is 34.6 Å². The van der Waals surface area contributed by atoms with Crippen molar-refractivity contribution >= 4 is 33.6 Å². The summed E-state index contributed by atoms with van der Waals surface area (Å²) in [4.78, 5) is 23.8. The molecule has 0 saturated heterocycles. The van der Waals surface area contributed by atoms with E-state index in [4.69, 9.17) is 20.3 Å². The maximum atomic E-state index is 10.5. The average molecular weight is 429 g/mol. The number of pyridine rings is 3. The first kappa shape index (κ1) is 20.7. The van der Waals surface area contributed by atoms with E-state index in [1.54, 1.807) is 32.8 Å². The molecule has 0 bridgehead atoms. The maximum absolute atomic E-state index is 10.5. The number of ether oxygens (including phenoxy) is 2. The number of hydrogen-bond acceptors (Lipinski definition) is 7. The van der Waals surface area contributed by atoms with Crippen molar-refractivity contribution in [1.29, 1.82) is 0 Å². The van der Waals surface area contributed by atoms with Gasteiger partial charge in [0.1, 0.15) is 5.82 Å². The highest BCUT2D eigenvalue weighted by molar-refractivity contribution is 6.10. The minimum absolute atomic E-state index is 0.0189. The predicted octanol–water partition coefficient (Wildman–Crippen LogP) is 3.06. The smallest absolute Gasteiger partial charge is 0.405 e. The average Bonchev–Trinajstić information content (AvgIpc) is 2.80. The third-order valence-electron chi connectivity index (χ3n) is 4.81. The number of hydrogen-bond donors (Lipinski definition) is 3. The number of benzene rings is 1. The lowest BCUT2D eigenvalue weighted by atomic mass is 10.0. The Balaban J connectivity index is 1.83. The Morgan fingerprint density at radius 1 is 1.06 bits per heavy atom. The summed E-state index contributed by atoms with van der Waals surface area (Å²) >= 11 is 0. The number of carbonyl (C=O) groups is 1. The van der Waals surface area contributed by atoms with Crippen LogP contribution in [0.15, 0.2) is 42.9 Å². The molecular weight excluding hydrogens is 410 g/mol. The molecule has 4 rings (SSSR count). The Morgan fingerprint density at radius 3 is 2.59 bits per heavy atom. The number of methoxy groups -OCH3 is 2. The number of carboxylic acid groups (broad SMARTS) is 1. The first-order chi connectivity index (χ1) is 15.5. The van der Waals surface area contributed by atoms with Crippen LogP contribution in [0.5, 0.6) is 11.5 Å². The molecule has 0 unspecified atom stereocenters. The van der Waals surface area contributed by atoms with E-state index >= 15 is 0 Å². The van der Waals surface area contributed by atoms with Gasteiger partial charge in [0.15, 0.2) is 11.5 Å². The number of fused-ring (bicyclic) bond motifs is 3. The van der Waals surface area contributed by atoms with Gasteiger partial charge in [0.25, 0.3) is 0 Å². The zero-order chi connectivity index (χ0) is 22.7. The highest BCUT2D eigenvalue weighted by Gasteiger charge is 2.13. The van der Waals surface area contributed by atoms with Crippen LogP contribution in [0.4, 0.5) is 10.6 Å². The molecular formula is C23H19N5O4. The van der Waals surface area contributed by atoms with Crippen LogP contribution < -0.4 is 20.5 Å². The summed E-state index contributed by atoms with van der Waals surface area (Å²) in [6.45, 7) is 0.0189. The Bertz CT molecular complexity index is 1410. The van der Waals surface area contributed by atoms with Crippen LogP contribution in [0.25, 0.3) is 32.9 Å². The molecule has 0 aliphatic heterocycles. The van der Waals surface area contributed by atoms with Crippen LogP contribution in [-0.4, -0.2) is 46.9 Å². The van der Waals surface area contributed by atoms with E-state index < -0.39 is 6.09 Å². The topological polar surface area (TPSA) is 132 Å². The number of nitrogens with one attached hydrogen (secondary N) is 1. The van der Waals surface area contributed by atoms with Gasteiger partial charge in [0.2, 0.25) is 0 Å². The number of anilines is 1. The van der Waals surface area contributed by atoms with Gasteiger partial charge in [0, 0.05) is 46.6 Å². The second kappa shape index (κ2) is 8.65. The van der Waals surface area contributed by atoms with E-state index in [9.17, 15) is 4.79 Å². The predicted molar refractivity (Wildman–Crippen MR) is 121 cm³/mol. The molecule has 0 aliphatic carbocycles. The van der Waals surface area contributed by atoms with Gasteiger partial charge in [-0.3, -0.25) is 9.97 Å². The SMILES string of the molecule is COc1cc2ncc3c(N)nc(-c4cncc(C#CCNC(=O)O)c4)cc3c2cc1OC. The van der Waals surface area contributed by atoms with Gasteiger partial charge in [0.05, 0.1) is 32.0 Å². The molecule has 0 fully saturated rings. The third-order valence-corrected chi connectivity index (χ3v) is 4.81. The lowest BCUT2D eigenvalue weighted by molar-refractivity contribution is 0.196. The standard InChI is InChI=1S/C23H19N5O4/c1-31-20-8-16-15-7-18(14-6-13(10-25-11-14)4-3-5-26-23(29)30)28-22(24)17(15)12-27-19(16)9-21(20)32-2/h6-12,26H,5H2,1-2H3,(H2,24,28)(H,29,30). The van der Waals surface area contributed by atoms with Crippen molar-refractivity contribution in [2.45, 2.75) is 0 Å². The fourth-order valence-corrected chi connectivity index (χ4v) is 3.32. The van der Waals surface area contributed by atoms with E-state index in [0.717, 1.165) is 27.2 Å². The van der Waals surface area contributed by atoms with E-state index in [0.29, 0.717) is 28.6 Å². The second-order valence-electron chi connectivity index (χ2n) is 6.76. The Labute approximate surface area is 183 Å². The molecule has 9 heteroatoms. The summed E-state index contributed by atoms with van der Waals surface area (Å²) in [5.74, 6) is 7.13. The normalized spacial score (nSPS) is 10.4. The summed E-state index contributed by atoms with van der Waals surface area (Å²) in [6.07, 6.45) is 3.82. The molecule has 3 heterocycles. The van der Waals surface area contributed by atoms with E-state index in [-0.39, 0.29) is 6.54 Å². The zero-order valence-corrected chi connectivity index (χ0v) is 17.3. The fraction of sp³-hybridized carbons (Fsp3) is 0.130. The molecule has 4 aromatic rings. The lowest BCUT2D eigenvalue weighted by Gasteiger charge is -2.12. The first-order valence-corrected chi connectivity index (χ1v) is 9.52. The van der Waals surface area contributed by atoms with Crippen molar-refractivity contribution in [3.63, 3.8) is 0 Å². The Morgan fingerprint density at radius 2 is 1.84 bits per heavy atom. The van der Waals surface area contributed by atoms with Gasteiger partial charge in [-0.1, -0.05) is 11.8 Å². The van der Waals surface area contributed by atoms with Crippen LogP contribution in [0.1, 0.15) is 5.56 Å². The maximum Gasteiger partial charge on any atom is 0.405 e. The van der Waals surface area contributed by atoms with Gasteiger partial charge in [-0.25, -0.2) is 9.78 Å². The highest BCUT2D eigenvalue weighted by Crippen LogP contribution is 2.36. The number of nitrogens with two attached hydrogens (primary N) is 1. The van der Waals surface area contributed by atoms with E-state index in [1.165, 1.54) is 0 Å². The molecule has 160 valence electrons. The van der Waals surface area contributed by atoms with Crippen molar-refractivity contribution in [2.24, 2.45) is 0 Å². The van der Waals surface area contributed by atoms with Crippen molar-refractivity contribution < 1.29 is 19.4 Å². The van der Waals surface area contributed by atoms with Crippen LogP contribution in [0.3, 0.4) is 0 Å². The van der Waals surface area contributed by atoms with E-state index in [1.807, 2.05) is 24.3 Å². The molecule has 3 aromatic heterocycles. The van der Waals surface area contributed by atoms with Crippen molar-refractivity contribution in [1.82, 2.24) is 20.3 Å². The van der Waals surface area contributed by atoms with Gasteiger partial charge in [-0.2, -0.15) is 0 Å². The molecule has 9 nitrogen and oxygen atoms in total. The molecule has 1 amide bonds. The van der Waals surface area contributed by atoms with Crippen LogP contribution in [0, 0.1) is 11.8 Å². The minimum atomic E-state index is -1.13. The van der Waals surface area contributed by atoms with Crippen LogP contribution in [-0.2, 0) is 0 Å². The van der Waals surface area contributed by atoms with Crippen molar-refractivity contribution in [2.75, 3.05) is 26.5 Å². The van der Waals surface area contributed by atoms with Gasteiger partial charge in [-0.15, -0.1) is 0 Å². The number of nitrogen functional groups attached to an aromatic ring is 1. The number of rotatable bonds is 4. The first-order valence-electron chi connectivity index (χ1n) is 9.52. The summed E-state index contributed by atoms with van der Waals surface area (Å²) in [6, 6.07) is 7.42. The van der Waals surface area contributed by atoms with Crippen LogP contribution >= 0.6 is 0 Å². The fourth-order valence-electron chi connectivity index (χ4n) is 3.32. The molecule has 32 heavy (non-hydrogen) atoms. The van der Waals surface area contributed by atoms with Gasteiger partial charge >= 0.3 is 6.09 Å². The minimum Gasteiger partial charge on any atom is -0.493 e. The number of nitrogens with zero attached hydrogens (tertiary/aromatic N) is 3. The molecule has 0 atom stereocenters. The number of amides is 1. The summed E-state index contributed by atoms with van der Waals surface area (Å²) in [5, 5.41) is 13.2. The van der Waals surface area contributed by atoms with E-state index in [2.05, 4.69) is 32.1 Å². The highest BCUT2D eigenvalue weighted by atomic mass is 16.5. The van der Waals surface area contributed by atoms with Crippen molar-refractivity contribution in [3.05, 3.63) is 48.4 Å². The quantitative estimate of drug-likeness (QED) is 0.333. The van der Waals surface area contributed by atoms with Gasteiger partial charge < -0.3 is 25.6 Å². The molecule has 4 N–H and O–H groups in total. The third kappa shape index (κ3) is 4.02. The Hall–Kier alpha value is -4.58. The number of aromatic nitrogens is 3. The summed E-state index contributed by atoms with van der Waals surface area (Å²) < 4.78 is 10.8.